The second-order valence-corrected chi connectivity index (χ2v) is 8.27. The lowest BCUT2D eigenvalue weighted by molar-refractivity contribution is 0.0597. The number of aromatic hydroxyl groups is 1. The third kappa shape index (κ3) is 4.13. The molecule has 27 heavy (non-hydrogen) atoms. The molecule has 1 aliphatic heterocycles. The van der Waals surface area contributed by atoms with Crippen molar-refractivity contribution in [3.05, 3.63) is 58.7 Å². The van der Waals surface area contributed by atoms with Gasteiger partial charge >= 0.3 is 5.97 Å². The average Bonchev–Trinajstić information content (AvgIpc) is 2.65. The molecule has 4 nitrogen and oxygen atoms in total. The lowest BCUT2D eigenvalue weighted by Crippen LogP contribution is -2.22. The second-order valence-electron chi connectivity index (χ2n) is 7.13. The highest BCUT2D eigenvalue weighted by Gasteiger charge is 2.28. The Morgan fingerprint density at radius 3 is 2.74 bits per heavy atom. The number of carbonyl (C=O) groups is 1. The van der Waals surface area contributed by atoms with Crippen LogP contribution < -0.4 is 0 Å². The molecule has 2 aromatic rings. The summed E-state index contributed by atoms with van der Waals surface area (Å²) in [5.41, 5.74) is 2.80. The van der Waals surface area contributed by atoms with Crippen LogP contribution in [0.5, 0.6) is 5.75 Å². The number of rotatable bonds is 2. The molecule has 0 aliphatic carbocycles. The number of aliphatic hydroxyl groups is 1. The van der Waals surface area contributed by atoms with Crippen LogP contribution in [0.25, 0.3) is 0 Å². The molecule has 1 heterocycles. The normalized spacial score (nSPS) is 15.9. The maximum absolute atomic E-state index is 11.5. The van der Waals surface area contributed by atoms with Crippen molar-refractivity contribution in [1.29, 1.82) is 0 Å². The van der Waals surface area contributed by atoms with E-state index in [4.69, 9.17) is 0 Å². The van der Waals surface area contributed by atoms with Crippen LogP contribution in [0, 0.1) is 11.8 Å². The van der Waals surface area contributed by atoms with E-state index in [0.717, 1.165) is 17.7 Å². The van der Waals surface area contributed by atoms with Crippen molar-refractivity contribution in [3.8, 4) is 17.6 Å². The van der Waals surface area contributed by atoms with Crippen LogP contribution in [-0.4, -0.2) is 29.0 Å². The first kappa shape index (κ1) is 19.3. The Morgan fingerprint density at radius 2 is 2.04 bits per heavy atom. The van der Waals surface area contributed by atoms with E-state index in [9.17, 15) is 15.0 Å². The Morgan fingerprint density at radius 1 is 1.26 bits per heavy atom. The fourth-order valence-corrected chi connectivity index (χ4v) is 4.62. The summed E-state index contributed by atoms with van der Waals surface area (Å²) in [5.74, 6) is 5.91. The van der Waals surface area contributed by atoms with Crippen LogP contribution in [0.2, 0.25) is 0 Å². The molecule has 0 spiro atoms. The van der Waals surface area contributed by atoms with E-state index in [1.165, 1.54) is 29.7 Å². The fourth-order valence-electron chi connectivity index (χ4n) is 3.07. The predicted molar refractivity (Wildman–Crippen MR) is 106 cm³/mol. The third-order valence-electron chi connectivity index (χ3n) is 4.79. The van der Waals surface area contributed by atoms with E-state index in [-0.39, 0.29) is 16.7 Å². The minimum Gasteiger partial charge on any atom is -0.507 e. The number of phenols is 1. The predicted octanol–water partition coefficient (Wildman–Crippen LogP) is 4.04. The van der Waals surface area contributed by atoms with Crippen molar-refractivity contribution in [2.75, 3.05) is 12.9 Å². The Bertz CT molecular complexity index is 937. The maximum atomic E-state index is 11.5. The number of methoxy groups -OCH3 is 1. The van der Waals surface area contributed by atoms with Gasteiger partial charge in [0.2, 0.25) is 0 Å². The summed E-state index contributed by atoms with van der Waals surface area (Å²) in [6.45, 7) is 4.48. The lowest BCUT2D eigenvalue weighted by atomic mass is 9.81. The zero-order valence-corrected chi connectivity index (χ0v) is 16.4. The first-order chi connectivity index (χ1) is 12.8. The Labute approximate surface area is 163 Å². The van der Waals surface area contributed by atoms with Crippen LogP contribution in [-0.2, 0) is 10.2 Å². The smallest absolute Gasteiger partial charge is 0.341 e. The Hall–Kier alpha value is -2.42. The van der Waals surface area contributed by atoms with Gasteiger partial charge in [-0.05, 0) is 53.0 Å². The fraction of sp³-hybridized carbons (Fsp3) is 0.318. The molecule has 1 unspecified atom stereocenters. The summed E-state index contributed by atoms with van der Waals surface area (Å²) in [5, 5.41) is 20.4. The molecule has 0 saturated carbocycles. The van der Waals surface area contributed by atoms with E-state index in [2.05, 4.69) is 36.5 Å². The summed E-state index contributed by atoms with van der Waals surface area (Å²) >= 11 is 1.81. The maximum Gasteiger partial charge on any atom is 0.341 e. The van der Waals surface area contributed by atoms with Gasteiger partial charge in [0, 0.05) is 10.5 Å². The zero-order chi connectivity index (χ0) is 19.6. The average molecular weight is 382 g/mol. The van der Waals surface area contributed by atoms with Crippen molar-refractivity contribution in [2.45, 2.75) is 36.7 Å². The van der Waals surface area contributed by atoms with Crippen molar-refractivity contribution >= 4 is 17.7 Å². The first-order valence-electron chi connectivity index (χ1n) is 8.70. The molecule has 5 heteroatoms. The van der Waals surface area contributed by atoms with Crippen molar-refractivity contribution in [1.82, 2.24) is 0 Å². The van der Waals surface area contributed by atoms with Crippen LogP contribution in [0.4, 0.5) is 0 Å². The van der Waals surface area contributed by atoms with E-state index in [1.54, 1.807) is 6.07 Å². The number of esters is 1. The van der Waals surface area contributed by atoms with Crippen LogP contribution in [0.15, 0.2) is 41.3 Å². The highest BCUT2D eigenvalue weighted by Crippen LogP contribution is 2.42. The number of fused-ring (bicyclic) bond motifs is 1. The molecule has 0 aromatic heterocycles. The zero-order valence-electron chi connectivity index (χ0n) is 15.6. The standard InChI is InChI=1S/C22H22O4S/c1-22(2)10-11-27-20-13-15(6-8-17(20)22)18(23)9-5-14-4-7-16(19(24)12-14)21(25)26-3/h4,6-8,12-13,18,23-24H,10-11H2,1-3H3. The van der Waals surface area contributed by atoms with Crippen LogP contribution in [0.1, 0.15) is 53.4 Å². The number of aliphatic hydroxyl groups excluding tert-OH is 1. The second kappa shape index (κ2) is 7.67. The van der Waals surface area contributed by atoms with Gasteiger partial charge in [-0.25, -0.2) is 4.79 Å². The Balaban J connectivity index is 1.82. The van der Waals surface area contributed by atoms with E-state index < -0.39 is 12.1 Å². The molecule has 2 N–H and O–H groups in total. The van der Waals surface area contributed by atoms with Gasteiger partial charge < -0.3 is 14.9 Å². The summed E-state index contributed by atoms with van der Waals surface area (Å²) in [6.07, 6.45) is 0.209. The van der Waals surface area contributed by atoms with Gasteiger partial charge in [-0.1, -0.05) is 37.8 Å². The molecule has 0 bridgehead atoms. The molecular weight excluding hydrogens is 360 g/mol. The number of ether oxygens (including phenoxy) is 1. The molecule has 0 fully saturated rings. The lowest BCUT2D eigenvalue weighted by Gasteiger charge is -2.32. The van der Waals surface area contributed by atoms with E-state index in [1.807, 2.05) is 23.9 Å². The van der Waals surface area contributed by atoms with Gasteiger partial charge in [-0.3, -0.25) is 0 Å². The third-order valence-corrected chi connectivity index (χ3v) is 5.85. The molecule has 0 saturated heterocycles. The molecule has 140 valence electrons. The van der Waals surface area contributed by atoms with Crippen molar-refractivity contribution in [2.24, 2.45) is 0 Å². The molecule has 0 amide bonds. The van der Waals surface area contributed by atoms with Gasteiger partial charge in [-0.2, -0.15) is 0 Å². The quantitative estimate of drug-likeness (QED) is 0.606. The van der Waals surface area contributed by atoms with Gasteiger partial charge in [0.25, 0.3) is 0 Å². The molecule has 1 aliphatic rings. The summed E-state index contributed by atoms with van der Waals surface area (Å²) in [4.78, 5) is 12.7. The van der Waals surface area contributed by atoms with Crippen LogP contribution >= 0.6 is 11.8 Å². The molecule has 1 atom stereocenters. The first-order valence-corrected chi connectivity index (χ1v) is 9.68. The number of benzene rings is 2. The topological polar surface area (TPSA) is 66.8 Å². The van der Waals surface area contributed by atoms with E-state index in [0.29, 0.717) is 5.56 Å². The van der Waals surface area contributed by atoms with Crippen molar-refractivity contribution in [3.63, 3.8) is 0 Å². The number of hydrogen-bond donors (Lipinski definition) is 2. The van der Waals surface area contributed by atoms with Gasteiger partial charge in [0.05, 0.1) is 7.11 Å². The molecule has 0 radical (unpaired) electrons. The highest BCUT2D eigenvalue weighted by molar-refractivity contribution is 7.99. The molecular formula is C22H22O4S. The monoisotopic (exact) mass is 382 g/mol. The van der Waals surface area contributed by atoms with Crippen LogP contribution in [0.3, 0.4) is 0 Å². The number of carbonyl (C=O) groups excluding carboxylic acids is 1. The Kier molecular flexibility index (Phi) is 5.50. The summed E-state index contributed by atoms with van der Waals surface area (Å²) < 4.78 is 4.60. The number of phenolic OH excluding ortho intramolecular Hbond substituents is 1. The minimum absolute atomic E-state index is 0.0814. The van der Waals surface area contributed by atoms with Gasteiger partial charge in [0.1, 0.15) is 17.4 Å². The van der Waals surface area contributed by atoms with Crippen molar-refractivity contribution < 1.29 is 19.7 Å². The summed E-state index contributed by atoms with van der Waals surface area (Å²) in [6, 6.07) is 10.5. The molecule has 2 aromatic carbocycles. The van der Waals surface area contributed by atoms with Gasteiger partial charge in [-0.15, -0.1) is 11.8 Å². The SMILES string of the molecule is COC(=O)c1ccc(C#CC(O)c2ccc3c(c2)SCCC3(C)C)cc1O. The number of thioether (sulfide) groups is 1. The van der Waals surface area contributed by atoms with E-state index >= 15 is 0 Å². The number of hydrogen-bond acceptors (Lipinski definition) is 5. The highest BCUT2D eigenvalue weighted by atomic mass is 32.2. The summed E-state index contributed by atoms with van der Waals surface area (Å²) in [7, 11) is 1.25. The molecule has 3 rings (SSSR count). The van der Waals surface area contributed by atoms with Gasteiger partial charge in [0.15, 0.2) is 0 Å². The largest absolute Gasteiger partial charge is 0.507 e. The minimum atomic E-state index is -0.927.